The first-order valence-corrected chi connectivity index (χ1v) is 9.70. The minimum atomic E-state index is -0.138. The van der Waals surface area contributed by atoms with E-state index in [1.165, 1.54) is 0 Å². The molecule has 1 N–H and O–H groups in total. The molecule has 0 aliphatic carbocycles. The summed E-state index contributed by atoms with van der Waals surface area (Å²) < 4.78 is 13.0. The number of aromatic nitrogens is 4. The zero-order valence-corrected chi connectivity index (χ0v) is 16.7. The van der Waals surface area contributed by atoms with E-state index in [-0.39, 0.29) is 11.6 Å². The van der Waals surface area contributed by atoms with Gasteiger partial charge in [-0.05, 0) is 43.5 Å². The fraction of sp³-hybridized carbons (Fsp3) is 0.318. The van der Waals surface area contributed by atoms with Gasteiger partial charge in [0.05, 0.1) is 42.4 Å². The predicted octanol–water partition coefficient (Wildman–Crippen LogP) is 3.53. The Morgan fingerprint density at radius 1 is 1.24 bits per heavy atom. The summed E-state index contributed by atoms with van der Waals surface area (Å²) in [5.74, 6) is 0.582. The first kappa shape index (κ1) is 17.9. The maximum absolute atomic E-state index is 12.7. The number of hydrogen-bond donors (Lipinski definition) is 1. The molecule has 148 valence electrons. The van der Waals surface area contributed by atoms with E-state index in [1.807, 2.05) is 42.8 Å². The third kappa shape index (κ3) is 2.81. The highest BCUT2D eigenvalue weighted by molar-refractivity contribution is 6.04. The molecule has 7 nitrogen and oxygen atoms in total. The number of aryl methyl sites for hydroxylation is 2. The predicted molar refractivity (Wildman–Crippen MR) is 112 cm³/mol. The first-order valence-electron chi connectivity index (χ1n) is 9.70. The molecule has 1 aromatic carbocycles. The van der Waals surface area contributed by atoms with Gasteiger partial charge in [0.1, 0.15) is 0 Å². The number of methoxy groups -OCH3 is 1. The van der Waals surface area contributed by atoms with Crippen molar-refractivity contribution in [2.75, 3.05) is 20.3 Å². The number of benzene rings is 1. The molecule has 1 saturated heterocycles. The number of nitrogens with one attached hydrogen (secondary N) is 1. The maximum Gasteiger partial charge on any atom is 0.259 e. The van der Waals surface area contributed by atoms with Crippen molar-refractivity contribution in [3.8, 4) is 17.0 Å². The number of nitrogens with zero attached hydrogens (tertiary/aromatic N) is 3. The molecule has 29 heavy (non-hydrogen) atoms. The fourth-order valence-corrected chi connectivity index (χ4v) is 4.29. The van der Waals surface area contributed by atoms with E-state index in [4.69, 9.17) is 9.47 Å². The molecule has 0 spiro atoms. The summed E-state index contributed by atoms with van der Waals surface area (Å²) in [7, 11) is 1.62. The third-order valence-electron chi connectivity index (χ3n) is 5.61. The lowest BCUT2D eigenvalue weighted by molar-refractivity contribution is 0.185. The van der Waals surface area contributed by atoms with Crippen molar-refractivity contribution in [3.63, 3.8) is 0 Å². The Balaban J connectivity index is 1.76. The van der Waals surface area contributed by atoms with Gasteiger partial charge in [0.25, 0.3) is 5.56 Å². The molecule has 1 atom stereocenters. The van der Waals surface area contributed by atoms with Crippen LogP contribution in [0.2, 0.25) is 0 Å². The zero-order chi connectivity index (χ0) is 20.1. The summed E-state index contributed by atoms with van der Waals surface area (Å²) in [5, 5.41) is 6.07. The average molecular weight is 390 g/mol. The number of ether oxygens (including phenoxy) is 2. The molecule has 0 amide bonds. The Morgan fingerprint density at radius 2 is 2.10 bits per heavy atom. The minimum Gasteiger partial charge on any atom is -0.481 e. The van der Waals surface area contributed by atoms with Crippen LogP contribution in [0.5, 0.6) is 5.88 Å². The van der Waals surface area contributed by atoms with Crippen LogP contribution in [0.3, 0.4) is 0 Å². The summed E-state index contributed by atoms with van der Waals surface area (Å²) in [6, 6.07) is 8.25. The van der Waals surface area contributed by atoms with Crippen LogP contribution in [0.1, 0.15) is 23.7 Å². The van der Waals surface area contributed by atoms with Crippen molar-refractivity contribution in [3.05, 3.63) is 52.1 Å². The number of fused-ring (bicyclic) bond motifs is 3. The molecule has 1 aliphatic rings. The maximum atomic E-state index is 12.7. The largest absolute Gasteiger partial charge is 0.481 e. The summed E-state index contributed by atoms with van der Waals surface area (Å²) in [4.78, 5) is 20.3. The van der Waals surface area contributed by atoms with Crippen LogP contribution in [0, 0.1) is 13.8 Å². The average Bonchev–Trinajstić information content (AvgIpc) is 3.37. The molecule has 0 saturated carbocycles. The van der Waals surface area contributed by atoms with Crippen LogP contribution in [0.4, 0.5) is 0 Å². The second-order valence-corrected chi connectivity index (χ2v) is 7.55. The lowest BCUT2D eigenvalue weighted by Crippen LogP contribution is -2.12. The third-order valence-corrected chi connectivity index (χ3v) is 5.61. The van der Waals surface area contributed by atoms with E-state index in [0.717, 1.165) is 51.8 Å². The molecule has 5 rings (SSSR count). The zero-order valence-electron chi connectivity index (χ0n) is 16.7. The van der Waals surface area contributed by atoms with E-state index in [9.17, 15) is 4.79 Å². The summed E-state index contributed by atoms with van der Waals surface area (Å²) in [6.45, 7) is 5.32. The van der Waals surface area contributed by atoms with Gasteiger partial charge in [-0.25, -0.2) is 4.98 Å². The van der Waals surface area contributed by atoms with Gasteiger partial charge in [-0.2, -0.15) is 5.10 Å². The van der Waals surface area contributed by atoms with Crippen LogP contribution in [0.25, 0.3) is 32.9 Å². The number of hydrogen-bond acceptors (Lipinski definition) is 5. The van der Waals surface area contributed by atoms with Crippen LogP contribution in [-0.4, -0.2) is 40.1 Å². The second kappa shape index (κ2) is 6.70. The Labute approximate surface area is 167 Å². The monoisotopic (exact) mass is 390 g/mol. The molecule has 1 unspecified atom stereocenters. The van der Waals surface area contributed by atoms with Gasteiger partial charge >= 0.3 is 0 Å². The van der Waals surface area contributed by atoms with Gasteiger partial charge in [0.2, 0.25) is 5.88 Å². The molecular weight excluding hydrogens is 368 g/mol. The second-order valence-electron chi connectivity index (χ2n) is 7.55. The topological polar surface area (TPSA) is 82.0 Å². The highest BCUT2D eigenvalue weighted by atomic mass is 16.5. The molecule has 7 heteroatoms. The fourth-order valence-electron chi connectivity index (χ4n) is 4.29. The van der Waals surface area contributed by atoms with Crippen molar-refractivity contribution < 1.29 is 9.47 Å². The molecule has 3 aromatic heterocycles. The Morgan fingerprint density at radius 3 is 2.86 bits per heavy atom. The van der Waals surface area contributed by atoms with Gasteiger partial charge < -0.3 is 14.5 Å². The van der Waals surface area contributed by atoms with Crippen molar-refractivity contribution in [1.82, 2.24) is 19.7 Å². The normalized spacial score (nSPS) is 16.7. The lowest BCUT2D eigenvalue weighted by Gasteiger charge is -2.14. The van der Waals surface area contributed by atoms with E-state index in [2.05, 4.69) is 15.1 Å². The highest BCUT2D eigenvalue weighted by Crippen LogP contribution is 2.35. The Kier molecular flexibility index (Phi) is 4.13. The van der Waals surface area contributed by atoms with Crippen molar-refractivity contribution in [2.24, 2.45) is 0 Å². The molecule has 1 fully saturated rings. The highest BCUT2D eigenvalue weighted by Gasteiger charge is 2.22. The Bertz CT molecular complexity index is 1300. The van der Waals surface area contributed by atoms with Gasteiger partial charge in [-0.1, -0.05) is 12.1 Å². The van der Waals surface area contributed by atoms with E-state index < -0.39 is 0 Å². The van der Waals surface area contributed by atoms with Crippen LogP contribution in [0.15, 0.2) is 35.3 Å². The van der Waals surface area contributed by atoms with E-state index in [0.29, 0.717) is 17.9 Å². The molecular formula is C22H22N4O3. The van der Waals surface area contributed by atoms with Crippen molar-refractivity contribution in [1.29, 1.82) is 0 Å². The van der Waals surface area contributed by atoms with E-state index in [1.54, 1.807) is 13.3 Å². The van der Waals surface area contributed by atoms with Crippen molar-refractivity contribution in [2.45, 2.75) is 26.3 Å². The minimum absolute atomic E-state index is 0.138. The molecule has 0 bridgehead atoms. The summed E-state index contributed by atoms with van der Waals surface area (Å²) in [6.07, 6.45) is 2.55. The van der Waals surface area contributed by atoms with Crippen LogP contribution < -0.4 is 10.3 Å². The van der Waals surface area contributed by atoms with Gasteiger partial charge in [-0.15, -0.1) is 0 Å². The number of rotatable bonds is 3. The smallest absolute Gasteiger partial charge is 0.259 e. The van der Waals surface area contributed by atoms with Gasteiger partial charge in [0, 0.05) is 23.3 Å². The Hall–Kier alpha value is -3.19. The molecule has 4 aromatic rings. The SMILES string of the molecule is COc1nc(C)cc(C)c1-c1ccc2c(c1)[nH]c(=O)c1cnn(C3CCOC3)c12. The van der Waals surface area contributed by atoms with E-state index >= 15 is 0 Å². The van der Waals surface area contributed by atoms with Crippen LogP contribution >= 0.6 is 0 Å². The first-order chi connectivity index (χ1) is 14.1. The quantitative estimate of drug-likeness (QED) is 0.579. The van der Waals surface area contributed by atoms with Gasteiger partial charge in [-0.3, -0.25) is 9.48 Å². The summed E-state index contributed by atoms with van der Waals surface area (Å²) in [5.41, 5.74) is 5.34. The van der Waals surface area contributed by atoms with Crippen molar-refractivity contribution >= 4 is 21.8 Å². The number of aromatic amines is 1. The number of pyridine rings is 2. The van der Waals surface area contributed by atoms with Crippen LogP contribution in [-0.2, 0) is 4.74 Å². The standard InChI is InChI=1S/C22H22N4O3/c1-12-8-13(2)24-22(28-3)19(12)14-4-5-16-18(9-14)25-21(27)17-10-23-26(20(16)17)15-6-7-29-11-15/h4-5,8-10,15H,6-7,11H2,1-3H3,(H,25,27). The van der Waals surface area contributed by atoms with Gasteiger partial charge in [0.15, 0.2) is 0 Å². The lowest BCUT2D eigenvalue weighted by atomic mass is 9.99. The molecule has 4 heterocycles. The molecule has 1 aliphatic heterocycles. The number of H-pyrrole nitrogens is 1. The summed E-state index contributed by atoms with van der Waals surface area (Å²) >= 11 is 0. The molecule has 0 radical (unpaired) electrons.